The Bertz CT molecular complexity index is 855. The molecule has 0 saturated carbocycles. The van der Waals surface area contributed by atoms with E-state index in [9.17, 15) is 8.78 Å². The van der Waals surface area contributed by atoms with Crippen LogP contribution in [0.3, 0.4) is 0 Å². The van der Waals surface area contributed by atoms with Crippen molar-refractivity contribution < 1.29 is 13.5 Å². The summed E-state index contributed by atoms with van der Waals surface area (Å²) in [5.41, 5.74) is 0.473. The maximum atomic E-state index is 13.7. The molecule has 0 fully saturated rings. The van der Waals surface area contributed by atoms with Crippen molar-refractivity contribution in [2.45, 2.75) is 13.3 Å². The van der Waals surface area contributed by atoms with Crippen LogP contribution in [-0.2, 0) is 0 Å². The van der Waals surface area contributed by atoms with E-state index in [2.05, 4.69) is 48.1 Å². The summed E-state index contributed by atoms with van der Waals surface area (Å²) < 4.78 is 32.7. The Hall–Kier alpha value is -2.04. The summed E-state index contributed by atoms with van der Waals surface area (Å²) in [6.07, 6.45) is 0.905. The number of H-pyrrole nitrogens is 1. The summed E-state index contributed by atoms with van der Waals surface area (Å²) >= 11 is 2.07. The lowest BCUT2D eigenvalue weighted by Crippen LogP contribution is -2.05. The lowest BCUT2D eigenvalue weighted by atomic mass is 10.3. The number of rotatable bonds is 5. The second-order valence-corrected chi connectivity index (χ2v) is 5.72. The third kappa shape index (κ3) is 3.33. The molecule has 2 heterocycles. The van der Waals surface area contributed by atoms with E-state index < -0.39 is 11.6 Å². The van der Waals surface area contributed by atoms with Crippen molar-refractivity contribution in [2.24, 2.45) is 0 Å². The first-order valence-electron chi connectivity index (χ1n) is 6.87. The van der Waals surface area contributed by atoms with Gasteiger partial charge in [0.05, 0.1) is 5.39 Å². The molecule has 0 aliphatic rings. The number of fused-ring (bicyclic) bond motifs is 1. The molecule has 2 aromatic heterocycles. The average molecular weight is 431 g/mol. The van der Waals surface area contributed by atoms with E-state index in [1.807, 2.05) is 6.92 Å². The predicted molar refractivity (Wildman–Crippen MR) is 89.6 cm³/mol. The maximum absolute atomic E-state index is 13.7. The van der Waals surface area contributed by atoms with Crippen molar-refractivity contribution in [1.29, 1.82) is 0 Å². The van der Waals surface area contributed by atoms with Crippen molar-refractivity contribution in [1.82, 2.24) is 20.2 Å². The molecule has 3 rings (SSSR count). The fourth-order valence-corrected chi connectivity index (χ4v) is 2.58. The predicted octanol–water partition coefficient (Wildman–Crippen LogP) is 3.85. The molecule has 0 saturated heterocycles. The fraction of sp³-hybridized carbons (Fsp3) is 0.214. The molecular formula is C14H12F2IN5O. The van der Waals surface area contributed by atoms with Gasteiger partial charge >= 0.3 is 6.01 Å². The zero-order valence-corrected chi connectivity index (χ0v) is 14.2. The van der Waals surface area contributed by atoms with Crippen LogP contribution in [0.25, 0.3) is 11.0 Å². The van der Waals surface area contributed by atoms with Gasteiger partial charge in [-0.1, -0.05) is 6.92 Å². The second-order valence-electron chi connectivity index (χ2n) is 4.70. The van der Waals surface area contributed by atoms with E-state index in [-0.39, 0.29) is 11.8 Å². The quantitative estimate of drug-likeness (QED) is 0.601. The van der Waals surface area contributed by atoms with Crippen LogP contribution in [-0.4, -0.2) is 26.7 Å². The number of aromatic amines is 1. The van der Waals surface area contributed by atoms with Gasteiger partial charge in [0.25, 0.3) is 0 Å². The minimum Gasteiger partial charge on any atom is -0.421 e. The monoisotopic (exact) mass is 431 g/mol. The summed E-state index contributed by atoms with van der Waals surface area (Å²) in [6, 6.07) is 2.98. The molecule has 3 aromatic rings. The normalized spacial score (nSPS) is 11.0. The van der Waals surface area contributed by atoms with Crippen LogP contribution in [0, 0.1) is 15.3 Å². The molecule has 0 amide bonds. The highest BCUT2D eigenvalue weighted by Gasteiger charge is 2.16. The van der Waals surface area contributed by atoms with Crippen LogP contribution in [0.1, 0.15) is 13.3 Å². The standard InChI is InChI=1S/C14H12F2IN5O/c1-2-5-18-12-10-11(17)21-22-13(10)20-14(19-12)23-9-4-3-7(15)6-8(9)16/h3-4,6H,2,5H2,1H3,(H2,18,19,20,21,22). The number of nitrogens with zero attached hydrogens (tertiary/aromatic N) is 3. The number of benzene rings is 1. The number of halogens is 3. The molecule has 0 aliphatic heterocycles. The van der Waals surface area contributed by atoms with Gasteiger partial charge in [0.1, 0.15) is 15.3 Å². The van der Waals surface area contributed by atoms with Gasteiger partial charge in [-0.15, -0.1) is 0 Å². The van der Waals surface area contributed by atoms with Gasteiger partial charge < -0.3 is 10.1 Å². The molecular weight excluding hydrogens is 419 g/mol. The van der Waals surface area contributed by atoms with E-state index >= 15 is 0 Å². The third-order valence-corrected chi connectivity index (χ3v) is 3.77. The van der Waals surface area contributed by atoms with Gasteiger partial charge in [0.2, 0.25) is 0 Å². The molecule has 0 radical (unpaired) electrons. The minimum atomic E-state index is -0.823. The summed E-state index contributed by atoms with van der Waals surface area (Å²) in [7, 11) is 0. The van der Waals surface area contributed by atoms with E-state index in [1.54, 1.807) is 0 Å². The largest absolute Gasteiger partial charge is 0.421 e. The van der Waals surface area contributed by atoms with Crippen LogP contribution in [0.15, 0.2) is 18.2 Å². The Kier molecular flexibility index (Phi) is 4.55. The van der Waals surface area contributed by atoms with Crippen LogP contribution in [0.5, 0.6) is 11.8 Å². The first-order chi connectivity index (χ1) is 11.1. The Morgan fingerprint density at radius 1 is 1.30 bits per heavy atom. The number of nitrogens with one attached hydrogen (secondary N) is 2. The lowest BCUT2D eigenvalue weighted by molar-refractivity contribution is 0.410. The van der Waals surface area contributed by atoms with Crippen LogP contribution < -0.4 is 10.1 Å². The lowest BCUT2D eigenvalue weighted by Gasteiger charge is -2.09. The van der Waals surface area contributed by atoms with Crippen LogP contribution in [0.2, 0.25) is 0 Å². The zero-order valence-electron chi connectivity index (χ0n) is 12.0. The summed E-state index contributed by atoms with van der Waals surface area (Å²) in [5.74, 6) is -1.11. The van der Waals surface area contributed by atoms with Gasteiger partial charge in [-0.25, -0.2) is 8.78 Å². The summed E-state index contributed by atoms with van der Waals surface area (Å²) in [5, 5.41) is 10.8. The highest BCUT2D eigenvalue weighted by molar-refractivity contribution is 14.1. The summed E-state index contributed by atoms with van der Waals surface area (Å²) in [6.45, 7) is 2.73. The van der Waals surface area contributed by atoms with Crippen molar-refractivity contribution in [2.75, 3.05) is 11.9 Å². The first kappa shape index (κ1) is 15.8. The van der Waals surface area contributed by atoms with Gasteiger partial charge in [-0.3, -0.25) is 5.10 Å². The van der Waals surface area contributed by atoms with E-state index in [1.165, 1.54) is 6.07 Å². The van der Waals surface area contributed by atoms with Gasteiger partial charge in [0, 0.05) is 12.6 Å². The molecule has 0 aliphatic carbocycles. The maximum Gasteiger partial charge on any atom is 0.326 e. The number of aromatic nitrogens is 4. The SMILES string of the molecule is CCCNc1nc(Oc2ccc(F)cc2F)nc2[nH]nc(I)c12. The molecule has 1 aromatic carbocycles. The van der Waals surface area contributed by atoms with Crippen LogP contribution >= 0.6 is 22.6 Å². The second kappa shape index (κ2) is 6.60. The molecule has 120 valence electrons. The van der Waals surface area contributed by atoms with Crippen LogP contribution in [0.4, 0.5) is 14.6 Å². The number of anilines is 1. The van der Waals surface area contributed by atoms with E-state index in [0.29, 0.717) is 18.0 Å². The zero-order chi connectivity index (χ0) is 16.4. The van der Waals surface area contributed by atoms with E-state index in [4.69, 9.17) is 4.74 Å². The van der Waals surface area contributed by atoms with E-state index in [0.717, 1.165) is 27.6 Å². The van der Waals surface area contributed by atoms with Gasteiger partial charge in [-0.2, -0.15) is 15.1 Å². The fourth-order valence-electron chi connectivity index (χ4n) is 1.95. The number of ether oxygens (including phenoxy) is 1. The smallest absolute Gasteiger partial charge is 0.326 e. The Balaban J connectivity index is 2.00. The van der Waals surface area contributed by atoms with Gasteiger partial charge in [0.15, 0.2) is 17.2 Å². The Morgan fingerprint density at radius 2 is 2.13 bits per heavy atom. The van der Waals surface area contributed by atoms with Crippen molar-refractivity contribution in [3.63, 3.8) is 0 Å². The topological polar surface area (TPSA) is 75.7 Å². The molecule has 9 heteroatoms. The molecule has 0 spiro atoms. The number of hydrogen-bond acceptors (Lipinski definition) is 5. The van der Waals surface area contributed by atoms with Crippen molar-refractivity contribution in [3.05, 3.63) is 33.5 Å². The first-order valence-corrected chi connectivity index (χ1v) is 7.94. The summed E-state index contributed by atoms with van der Waals surface area (Å²) in [4.78, 5) is 8.43. The van der Waals surface area contributed by atoms with Gasteiger partial charge in [-0.05, 0) is 41.1 Å². The Morgan fingerprint density at radius 3 is 2.87 bits per heavy atom. The molecule has 2 N–H and O–H groups in total. The molecule has 0 atom stereocenters. The molecule has 6 nitrogen and oxygen atoms in total. The van der Waals surface area contributed by atoms with Crippen molar-refractivity contribution >= 4 is 39.4 Å². The highest BCUT2D eigenvalue weighted by atomic mass is 127. The minimum absolute atomic E-state index is 0.0540. The number of hydrogen-bond donors (Lipinski definition) is 2. The highest BCUT2D eigenvalue weighted by Crippen LogP contribution is 2.28. The molecule has 23 heavy (non-hydrogen) atoms. The van der Waals surface area contributed by atoms with Crippen molar-refractivity contribution in [3.8, 4) is 11.8 Å². The molecule has 0 unspecified atom stereocenters. The average Bonchev–Trinajstić information content (AvgIpc) is 2.89. The third-order valence-electron chi connectivity index (χ3n) is 2.99. The molecule has 0 bridgehead atoms. The Labute approximate surface area is 143 Å².